The van der Waals surface area contributed by atoms with Crippen LogP contribution in [0, 0.1) is 0 Å². The van der Waals surface area contributed by atoms with E-state index in [4.69, 9.17) is 14.2 Å². The van der Waals surface area contributed by atoms with Crippen molar-refractivity contribution in [3.05, 3.63) is 23.8 Å². The summed E-state index contributed by atoms with van der Waals surface area (Å²) in [7, 11) is 1.69. The zero-order valence-electron chi connectivity index (χ0n) is 9.49. The van der Waals surface area contributed by atoms with Gasteiger partial charge in [-0.25, -0.2) is 0 Å². The van der Waals surface area contributed by atoms with Crippen LogP contribution in [0.15, 0.2) is 18.2 Å². The molecule has 0 saturated carbocycles. The molecular weight excluding hydrogens is 204 g/mol. The lowest BCUT2D eigenvalue weighted by Gasteiger charge is -2.34. The third-order valence-electron chi connectivity index (χ3n) is 3.41. The summed E-state index contributed by atoms with van der Waals surface area (Å²) >= 11 is 0. The first-order valence-electron chi connectivity index (χ1n) is 5.81. The van der Waals surface area contributed by atoms with Crippen molar-refractivity contribution in [2.45, 2.75) is 31.5 Å². The van der Waals surface area contributed by atoms with Crippen LogP contribution in [0.4, 0.5) is 0 Å². The number of hydrogen-bond acceptors (Lipinski definition) is 3. The van der Waals surface area contributed by atoms with E-state index >= 15 is 0 Å². The van der Waals surface area contributed by atoms with Crippen molar-refractivity contribution in [1.29, 1.82) is 0 Å². The summed E-state index contributed by atoms with van der Waals surface area (Å²) in [5.41, 5.74) is 1.22. The molecule has 1 fully saturated rings. The molecule has 1 aromatic carbocycles. The van der Waals surface area contributed by atoms with Gasteiger partial charge in [-0.2, -0.15) is 0 Å². The van der Waals surface area contributed by atoms with Gasteiger partial charge in [0, 0.05) is 12.8 Å². The summed E-state index contributed by atoms with van der Waals surface area (Å²) in [6.07, 6.45) is 4.07. The van der Waals surface area contributed by atoms with E-state index in [2.05, 4.69) is 6.07 Å². The highest BCUT2D eigenvalue weighted by Crippen LogP contribution is 2.40. The van der Waals surface area contributed by atoms with E-state index in [1.54, 1.807) is 7.11 Å². The van der Waals surface area contributed by atoms with Crippen molar-refractivity contribution < 1.29 is 14.2 Å². The predicted octanol–water partition coefficient (Wildman–Crippen LogP) is 2.53. The maximum Gasteiger partial charge on any atom is 0.210 e. The Morgan fingerprint density at radius 1 is 1.31 bits per heavy atom. The molecule has 86 valence electrons. The monoisotopic (exact) mass is 220 g/mol. The summed E-state index contributed by atoms with van der Waals surface area (Å²) in [6, 6.07) is 5.97. The summed E-state index contributed by atoms with van der Waals surface area (Å²) in [5.74, 6) is 1.52. The van der Waals surface area contributed by atoms with Crippen LogP contribution in [0.3, 0.4) is 0 Å². The molecule has 16 heavy (non-hydrogen) atoms. The van der Waals surface area contributed by atoms with Crippen molar-refractivity contribution in [2.75, 3.05) is 13.7 Å². The Hall–Kier alpha value is -1.22. The average molecular weight is 220 g/mol. The molecule has 0 radical (unpaired) electrons. The maximum absolute atomic E-state index is 6.00. The molecule has 1 aromatic rings. The molecule has 3 rings (SSSR count). The fourth-order valence-electron chi connectivity index (χ4n) is 2.50. The lowest BCUT2D eigenvalue weighted by molar-refractivity contribution is -0.160. The van der Waals surface area contributed by atoms with Crippen LogP contribution >= 0.6 is 0 Å². The first kappa shape index (κ1) is 9.97. The molecule has 3 nitrogen and oxygen atoms in total. The van der Waals surface area contributed by atoms with E-state index < -0.39 is 0 Å². The smallest absolute Gasteiger partial charge is 0.210 e. The Balaban J connectivity index is 1.89. The van der Waals surface area contributed by atoms with Gasteiger partial charge >= 0.3 is 0 Å². The van der Waals surface area contributed by atoms with Gasteiger partial charge in [0.15, 0.2) is 0 Å². The molecule has 0 unspecified atom stereocenters. The molecule has 1 spiro atoms. The van der Waals surface area contributed by atoms with Gasteiger partial charge in [-0.05, 0) is 36.6 Å². The molecule has 0 amide bonds. The molecule has 1 atom stereocenters. The Bertz CT molecular complexity index is 394. The standard InChI is InChI=1S/C13H16O3/c1-14-11-3-4-12-10(9-11)5-7-13(16-12)6-2-8-15-13/h3-4,9H,2,5-8H2,1H3/t13-/m1/s1. The van der Waals surface area contributed by atoms with Crippen LogP contribution in [0.1, 0.15) is 24.8 Å². The number of aryl methyl sites for hydroxylation is 1. The molecule has 1 saturated heterocycles. The first-order valence-corrected chi connectivity index (χ1v) is 5.81. The van der Waals surface area contributed by atoms with E-state index in [-0.39, 0.29) is 5.79 Å². The van der Waals surface area contributed by atoms with Gasteiger partial charge in [-0.15, -0.1) is 0 Å². The van der Waals surface area contributed by atoms with Crippen LogP contribution in [-0.4, -0.2) is 19.5 Å². The summed E-state index contributed by atoms with van der Waals surface area (Å²) in [6.45, 7) is 0.825. The zero-order valence-corrected chi connectivity index (χ0v) is 9.49. The van der Waals surface area contributed by atoms with Crippen LogP contribution < -0.4 is 9.47 Å². The van der Waals surface area contributed by atoms with Gasteiger partial charge in [-0.3, -0.25) is 0 Å². The van der Waals surface area contributed by atoms with Gasteiger partial charge in [0.05, 0.1) is 13.7 Å². The molecule has 0 aliphatic carbocycles. The number of hydrogen-bond donors (Lipinski definition) is 0. The Labute approximate surface area is 95.3 Å². The third kappa shape index (κ3) is 1.55. The normalized spacial score (nSPS) is 27.6. The molecule has 0 aromatic heterocycles. The maximum atomic E-state index is 6.00. The topological polar surface area (TPSA) is 27.7 Å². The highest BCUT2D eigenvalue weighted by molar-refractivity contribution is 5.42. The number of methoxy groups -OCH3 is 1. The predicted molar refractivity (Wildman–Crippen MR) is 59.9 cm³/mol. The van der Waals surface area contributed by atoms with Crippen molar-refractivity contribution >= 4 is 0 Å². The van der Waals surface area contributed by atoms with E-state index in [0.717, 1.165) is 43.8 Å². The van der Waals surface area contributed by atoms with Gasteiger partial charge < -0.3 is 14.2 Å². The van der Waals surface area contributed by atoms with E-state index in [1.807, 2.05) is 12.1 Å². The lowest BCUT2D eigenvalue weighted by atomic mass is 9.98. The van der Waals surface area contributed by atoms with Crippen LogP contribution in [-0.2, 0) is 11.2 Å². The second-order valence-corrected chi connectivity index (χ2v) is 4.44. The Morgan fingerprint density at radius 2 is 2.25 bits per heavy atom. The largest absolute Gasteiger partial charge is 0.497 e. The third-order valence-corrected chi connectivity index (χ3v) is 3.41. The number of benzene rings is 1. The summed E-state index contributed by atoms with van der Waals surface area (Å²) in [4.78, 5) is 0. The summed E-state index contributed by atoms with van der Waals surface area (Å²) in [5, 5.41) is 0. The molecule has 0 N–H and O–H groups in total. The van der Waals surface area contributed by atoms with E-state index in [0.29, 0.717) is 0 Å². The molecule has 2 heterocycles. The van der Waals surface area contributed by atoms with Crippen LogP contribution in [0.5, 0.6) is 11.5 Å². The number of fused-ring (bicyclic) bond motifs is 1. The Kier molecular flexibility index (Phi) is 2.28. The average Bonchev–Trinajstić information content (AvgIpc) is 2.77. The fraction of sp³-hybridized carbons (Fsp3) is 0.538. The van der Waals surface area contributed by atoms with Crippen molar-refractivity contribution in [3.8, 4) is 11.5 Å². The van der Waals surface area contributed by atoms with E-state index in [9.17, 15) is 0 Å². The summed E-state index contributed by atoms with van der Waals surface area (Å²) < 4.78 is 17.0. The van der Waals surface area contributed by atoms with Crippen LogP contribution in [0.25, 0.3) is 0 Å². The second-order valence-electron chi connectivity index (χ2n) is 4.44. The van der Waals surface area contributed by atoms with Crippen molar-refractivity contribution in [2.24, 2.45) is 0 Å². The SMILES string of the molecule is COc1ccc2c(c1)CC[C@@]1(CCCO1)O2. The lowest BCUT2D eigenvalue weighted by Crippen LogP contribution is -2.38. The highest BCUT2D eigenvalue weighted by atomic mass is 16.7. The molecule has 3 heteroatoms. The minimum Gasteiger partial charge on any atom is -0.497 e. The minimum absolute atomic E-state index is 0.332. The van der Waals surface area contributed by atoms with Gasteiger partial charge in [0.2, 0.25) is 5.79 Å². The quantitative estimate of drug-likeness (QED) is 0.728. The number of rotatable bonds is 1. The fourth-order valence-corrected chi connectivity index (χ4v) is 2.50. The van der Waals surface area contributed by atoms with E-state index in [1.165, 1.54) is 5.56 Å². The second kappa shape index (κ2) is 3.67. The molecular formula is C13H16O3. The van der Waals surface area contributed by atoms with Crippen molar-refractivity contribution in [1.82, 2.24) is 0 Å². The van der Waals surface area contributed by atoms with Crippen molar-refractivity contribution in [3.63, 3.8) is 0 Å². The Morgan fingerprint density at radius 3 is 3.00 bits per heavy atom. The molecule has 0 bridgehead atoms. The van der Waals surface area contributed by atoms with Gasteiger partial charge in [0.25, 0.3) is 0 Å². The van der Waals surface area contributed by atoms with Gasteiger partial charge in [-0.1, -0.05) is 0 Å². The molecule has 2 aliphatic rings. The number of ether oxygens (including phenoxy) is 3. The minimum atomic E-state index is -0.332. The van der Waals surface area contributed by atoms with Gasteiger partial charge in [0.1, 0.15) is 11.5 Å². The highest BCUT2D eigenvalue weighted by Gasteiger charge is 2.40. The first-order chi connectivity index (χ1) is 7.81. The molecule has 2 aliphatic heterocycles. The van der Waals surface area contributed by atoms with Crippen LogP contribution in [0.2, 0.25) is 0 Å². The zero-order chi connectivity index (χ0) is 11.0.